The van der Waals surface area contributed by atoms with Gasteiger partial charge in [-0.3, -0.25) is 4.79 Å². The summed E-state index contributed by atoms with van der Waals surface area (Å²) < 4.78 is 18.7. The van der Waals surface area contributed by atoms with Crippen LogP contribution in [0.1, 0.15) is 23.4 Å². The number of nitrogens with one attached hydrogen (secondary N) is 1. The summed E-state index contributed by atoms with van der Waals surface area (Å²) in [6.07, 6.45) is 1.81. The molecule has 2 heterocycles. The van der Waals surface area contributed by atoms with E-state index < -0.39 is 5.82 Å². The topological polar surface area (TPSA) is 42.2 Å². The van der Waals surface area contributed by atoms with Gasteiger partial charge in [0, 0.05) is 5.39 Å². The van der Waals surface area contributed by atoms with E-state index in [1.165, 1.54) is 6.07 Å². The number of benzene rings is 1. The first-order valence-corrected chi connectivity index (χ1v) is 5.71. The first-order chi connectivity index (χ1) is 8.25. The number of halogens is 1. The molecule has 1 aromatic heterocycles. The summed E-state index contributed by atoms with van der Waals surface area (Å²) >= 11 is 0. The monoisotopic (exact) mass is 233 g/mol. The number of fused-ring (bicyclic) bond motifs is 1. The second-order valence-corrected chi connectivity index (χ2v) is 4.28. The molecular weight excluding hydrogens is 221 g/mol. The van der Waals surface area contributed by atoms with E-state index in [-0.39, 0.29) is 23.2 Å². The summed E-state index contributed by atoms with van der Waals surface area (Å²) in [6.45, 7) is 0.852. The number of Topliss-reactive ketones (excluding diaryl/α,β-unsaturated/α-hetero) is 1. The Kier molecular flexibility index (Phi) is 2.44. The zero-order valence-electron chi connectivity index (χ0n) is 9.20. The Morgan fingerprint density at radius 2 is 2.35 bits per heavy atom. The van der Waals surface area contributed by atoms with Crippen LogP contribution in [0.15, 0.2) is 28.7 Å². The maximum Gasteiger partial charge on any atom is 0.214 e. The summed E-state index contributed by atoms with van der Waals surface area (Å²) in [4.78, 5) is 12.0. The quantitative estimate of drug-likeness (QED) is 0.810. The van der Waals surface area contributed by atoms with Gasteiger partial charge in [0.25, 0.3) is 0 Å². The molecule has 4 heteroatoms. The number of carbonyl (C=O) groups excluding carboxylic acids is 1. The molecule has 1 saturated heterocycles. The highest BCUT2D eigenvalue weighted by atomic mass is 19.1. The molecule has 1 aliphatic rings. The van der Waals surface area contributed by atoms with Crippen LogP contribution in [0, 0.1) is 5.82 Å². The van der Waals surface area contributed by atoms with Gasteiger partial charge in [0.1, 0.15) is 0 Å². The third kappa shape index (κ3) is 1.74. The Morgan fingerprint density at radius 3 is 3.06 bits per heavy atom. The lowest BCUT2D eigenvalue weighted by molar-refractivity contribution is 0.0926. The Labute approximate surface area is 97.6 Å². The molecule has 3 rings (SSSR count). The summed E-state index contributed by atoms with van der Waals surface area (Å²) in [7, 11) is 0. The van der Waals surface area contributed by atoms with E-state index in [4.69, 9.17) is 4.42 Å². The van der Waals surface area contributed by atoms with E-state index in [2.05, 4.69) is 5.32 Å². The van der Waals surface area contributed by atoms with E-state index in [0.717, 1.165) is 19.4 Å². The molecule has 0 aliphatic carbocycles. The van der Waals surface area contributed by atoms with Gasteiger partial charge < -0.3 is 9.73 Å². The van der Waals surface area contributed by atoms with Crippen LogP contribution in [0.3, 0.4) is 0 Å². The number of para-hydroxylation sites is 1. The van der Waals surface area contributed by atoms with E-state index in [9.17, 15) is 9.18 Å². The van der Waals surface area contributed by atoms with Crippen molar-refractivity contribution >= 4 is 16.8 Å². The molecule has 0 saturated carbocycles. The van der Waals surface area contributed by atoms with E-state index in [0.29, 0.717) is 5.39 Å². The van der Waals surface area contributed by atoms with Crippen molar-refractivity contribution in [1.82, 2.24) is 5.32 Å². The minimum absolute atomic E-state index is 0.0851. The van der Waals surface area contributed by atoms with Gasteiger partial charge in [0.05, 0.1) is 6.04 Å². The molecule has 17 heavy (non-hydrogen) atoms. The smallest absolute Gasteiger partial charge is 0.214 e. The molecule has 0 amide bonds. The predicted octanol–water partition coefficient (Wildman–Crippen LogP) is 2.51. The van der Waals surface area contributed by atoms with Crippen LogP contribution in [-0.4, -0.2) is 18.4 Å². The SMILES string of the molecule is O=C(c1cc2cccc(F)c2o1)C1CCCN1. The van der Waals surface area contributed by atoms with Crippen molar-refractivity contribution in [2.45, 2.75) is 18.9 Å². The van der Waals surface area contributed by atoms with Gasteiger partial charge in [0.15, 0.2) is 17.2 Å². The molecule has 1 atom stereocenters. The fourth-order valence-electron chi connectivity index (χ4n) is 2.23. The summed E-state index contributed by atoms with van der Waals surface area (Å²) in [6, 6.07) is 6.10. The van der Waals surface area contributed by atoms with Crippen molar-refractivity contribution in [3.63, 3.8) is 0 Å². The fourth-order valence-corrected chi connectivity index (χ4v) is 2.23. The minimum atomic E-state index is -0.430. The molecule has 1 aromatic carbocycles. The maximum atomic E-state index is 13.4. The van der Waals surface area contributed by atoms with Crippen molar-refractivity contribution in [1.29, 1.82) is 0 Å². The van der Waals surface area contributed by atoms with Gasteiger partial charge in [-0.25, -0.2) is 4.39 Å². The van der Waals surface area contributed by atoms with Crippen LogP contribution in [0.4, 0.5) is 4.39 Å². The molecule has 1 aliphatic heterocycles. The molecule has 0 bridgehead atoms. The van der Waals surface area contributed by atoms with Crippen molar-refractivity contribution in [2.24, 2.45) is 0 Å². The minimum Gasteiger partial charge on any atom is -0.450 e. The number of hydrogen-bond donors (Lipinski definition) is 1. The number of furan rings is 1. The van der Waals surface area contributed by atoms with E-state index in [1.54, 1.807) is 18.2 Å². The zero-order valence-corrected chi connectivity index (χ0v) is 9.20. The lowest BCUT2D eigenvalue weighted by Crippen LogP contribution is -2.30. The van der Waals surface area contributed by atoms with Crippen molar-refractivity contribution < 1.29 is 13.6 Å². The Morgan fingerprint density at radius 1 is 1.47 bits per heavy atom. The lowest BCUT2D eigenvalue weighted by Gasteiger charge is -2.05. The van der Waals surface area contributed by atoms with Crippen molar-refractivity contribution in [3.8, 4) is 0 Å². The Bertz CT molecular complexity index is 570. The molecule has 0 spiro atoms. The molecule has 2 aromatic rings. The Balaban J connectivity index is 2.00. The van der Waals surface area contributed by atoms with Crippen molar-refractivity contribution in [2.75, 3.05) is 6.54 Å². The van der Waals surface area contributed by atoms with Gasteiger partial charge in [-0.2, -0.15) is 0 Å². The van der Waals surface area contributed by atoms with Gasteiger partial charge >= 0.3 is 0 Å². The number of carbonyl (C=O) groups is 1. The molecule has 1 unspecified atom stereocenters. The maximum absolute atomic E-state index is 13.4. The number of rotatable bonds is 2. The average Bonchev–Trinajstić information content (AvgIpc) is 2.98. The van der Waals surface area contributed by atoms with Crippen molar-refractivity contribution in [3.05, 3.63) is 35.8 Å². The van der Waals surface area contributed by atoms with Crippen LogP contribution >= 0.6 is 0 Å². The molecule has 0 radical (unpaired) electrons. The molecular formula is C13H12FNO2. The van der Waals surface area contributed by atoms with Crippen LogP contribution in [-0.2, 0) is 0 Å². The van der Waals surface area contributed by atoms with Crippen LogP contribution < -0.4 is 5.32 Å². The first kappa shape index (κ1) is 10.5. The average molecular weight is 233 g/mol. The largest absolute Gasteiger partial charge is 0.450 e. The third-order valence-corrected chi connectivity index (χ3v) is 3.12. The summed E-state index contributed by atoms with van der Waals surface area (Å²) in [5.74, 6) is -0.275. The van der Waals surface area contributed by atoms with Gasteiger partial charge in [0.2, 0.25) is 5.78 Å². The molecule has 1 N–H and O–H groups in total. The van der Waals surface area contributed by atoms with Crippen LogP contribution in [0.2, 0.25) is 0 Å². The van der Waals surface area contributed by atoms with E-state index >= 15 is 0 Å². The zero-order chi connectivity index (χ0) is 11.8. The normalized spacial score (nSPS) is 19.9. The van der Waals surface area contributed by atoms with Crippen LogP contribution in [0.25, 0.3) is 11.0 Å². The van der Waals surface area contributed by atoms with Gasteiger partial charge in [-0.15, -0.1) is 0 Å². The second-order valence-electron chi connectivity index (χ2n) is 4.28. The third-order valence-electron chi connectivity index (χ3n) is 3.12. The van der Waals surface area contributed by atoms with Crippen LogP contribution in [0.5, 0.6) is 0 Å². The highest BCUT2D eigenvalue weighted by Crippen LogP contribution is 2.24. The van der Waals surface area contributed by atoms with Gasteiger partial charge in [-0.05, 0) is 31.5 Å². The summed E-state index contributed by atoms with van der Waals surface area (Å²) in [5.41, 5.74) is 0.161. The predicted molar refractivity (Wildman–Crippen MR) is 61.5 cm³/mol. The lowest BCUT2D eigenvalue weighted by atomic mass is 10.1. The first-order valence-electron chi connectivity index (χ1n) is 5.71. The van der Waals surface area contributed by atoms with Gasteiger partial charge in [-0.1, -0.05) is 12.1 Å². The highest BCUT2D eigenvalue weighted by Gasteiger charge is 2.26. The standard InChI is InChI=1S/C13H12FNO2/c14-9-4-1-3-8-7-11(17-13(8)9)12(16)10-5-2-6-15-10/h1,3-4,7,10,15H,2,5-6H2. The Hall–Kier alpha value is -1.68. The number of ketones is 1. The molecule has 3 nitrogen and oxygen atoms in total. The fraction of sp³-hybridized carbons (Fsp3) is 0.308. The molecule has 88 valence electrons. The van der Waals surface area contributed by atoms with E-state index in [1.807, 2.05) is 0 Å². The number of hydrogen-bond acceptors (Lipinski definition) is 3. The summed E-state index contributed by atoms with van der Waals surface area (Å²) in [5, 5.41) is 3.74. The highest BCUT2D eigenvalue weighted by molar-refractivity contribution is 6.01. The second kappa shape index (κ2) is 3.96. The molecule has 1 fully saturated rings.